The van der Waals surface area contributed by atoms with Crippen LogP contribution >= 0.6 is 0 Å². The maximum Gasteiger partial charge on any atom is 0.111 e. The minimum atomic E-state index is -0.0390. The van der Waals surface area contributed by atoms with Crippen molar-refractivity contribution in [2.24, 2.45) is 0 Å². The van der Waals surface area contributed by atoms with E-state index in [0.29, 0.717) is 0 Å². The summed E-state index contributed by atoms with van der Waals surface area (Å²) >= 11 is 0. The maximum atomic E-state index is 6.77. The van der Waals surface area contributed by atoms with Crippen molar-refractivity contribution in [3.05, 3.63) is 102 Å². The third kappa shape index (κ3) is 4.86. The predicted octanol–water partition coefficient (Wildman–Crippen LogP) is 5.24. The highest BCUT2D eigenvalue weighted by atomic mass is 16.5. The summed E-state index contributed by atoms with van der Waals surface area (Å²) in [4.78, 5) is 6.97. The van der Waals surface area contributed by atoms with Gasteiger partial charge in [0.25, 0.3) is 0 Å². The van der Waals surface area contributed by atoms with Crippen LogP contribution in [0.2, 0.25) is 0 Å². The van der Waals surface area contributed by atoms with Crippen molar-refractivity contribution >= 4 is 0 Å². The van der Waals surface area contributed by atoms with E-state index in [4.69, 9.17) is 4.74 Å². The van der Waals surface area contributed by atoms with Crippen LogP contribution in [0.3, 0.4) is 0 Å². The number of nitrogens with zero attached hydrogens (tertiary/aromatic N) is 2. The minimum Gasteiger partial charge on any atom is -0.350 e. The summed E-state index contributed by atoms with van der Waals surface area (Å²) in [5, 5.41) is 0. The number of benzene rings is 2. The molecule has 4 rings (SSSR count). The molecule has 2 aromatic carbocycles. The van der Waals surface area contributed by atoms with Crippen LogP contribution < -0.4 is 0 Å². The first-order valence-corrected chi connectivity index (χ1v) is 10.3. The van der Waals surface area contributed by atoms with Crippen molar-refractivity contribution in [1.29, 1.82) is 0 Å². The fourth-order valence-electron chi connectivity index (χ4n) is 3.94. The molecular weight excluding hydrogens is 344 g/mol. The number of hydrogen-bond donors (Lipinski definition) is 0. The molecule has 1 aliphatic heterocycles. The molecule has 1 aliphatic rings. The van der Waals surface area contributed by atoms with Crippen LogP contribution in [0.15, 0.2) is 85.1 Å². The molecule has 0 saturated carbocycles. The number of rotatable bonds is 7. The summed E-state index contributed by atoms with van der Waals surface area (Å²) in [5.41, 5.74) is 3.57. The van der Waals surface area contributed by atoms with Gasteiger partial charge in [0, 0.05) is 31.4 Å². The lowest BCUT2D eigenvalue weighted by atomic mass is 10.0. The molecule has 1 fully saturated rings. The van der Waals surface area contributed by atoms with E-state index in [1.165, 1.54) is 24.0 Å². The second kappa shape index (κ2) is 9.63. The largest absolute Gasteiger partial charge is 0.350 e. The van der Waals surface area contributed by atoms with Crippen molar-refractivity contribution in [2.45, 2.75) is 38.0 Å². The average Bonchev–Trinajstić information content (AvgIpc) is 2.78. The fourth-order valence-corrected chi connectivity index (χ4v) is 3.94. The van der Waals surface area contributed by atoms with Crippen LogP contribution in [0.25, 0.3) is 0 Å². The van der Waals surface area contributed by atoms with Crippen LogP contribution in [0.1, 0.15) is 42.2 Å². The summed E-state index contributed by atoms with van der Waals surface area (Å²) in [7, 11) is 0. The summed E-state index contributed by atoms with van der Waals surface area (Å²) in [6.07, 6.45) is 6.48. The van der Waals surface area contributed by atoms with Gasteiger partial charge in [-0.15, -0.1) is 0 Å². The Kier molecular flexibility index (Phi) is 6.48. The normalized spacial score (nSPS) is 17.7. The van der Waals surface area contributed by atoms with Crippen molar-refractivity contribution in [1.82, 2.24) is 9.88 Å². The van der Waals surface area contributed by atoms with Crippen LogP contribution in [0.5, 0.6) is 0 Å². The third-order valence-electron chi connectivity index (χ3n) is 5.43. The zero-order valence-electron chi connectivity index (χ0n) is 16.3. The van der Waals surface area contributed by atoms with Gasteiger partial charge in [-0.25, -0.2) is 0 Å². The van der Waals surface area contributed by atoms with Gasteiger partial charge in [0.05, 0.1) is 0 Å². The van der Waals surface area contributed by atoms with E-state index in [0.717, 1.165) is 31.6 Å². The van der Waals surface area contributed by atoms with E-state index in [2.05, 4.69) is 82.7 Å². The molecule has 1 atom stereocenters. The maximum absolute atomic E-state index is 6.77. The molecule has 3 heteroatoms. The second-order valence-corrected chi connectivity index (χ2v) is 7.39. The number of hydrogen-bond acceptors (Lipinski definition) is 3. The van der Waals surface area contributed by atoms with Crippen molar-refractivity contribution in [3.63, 3.8) is 0 Å². The Labute approximate surface area is 168 Å². The average molecular weight is 373 g/mol. The smallest absolute Gasteiger partial charge is 0.111 e. The lowest BCUT2D eigenvalue weighted by molar-refractivity contribution is -0.105. The summed E-state index contributed by atoms with van der Waals surface area (Å²) < 4.78 is 6.77. The molecule has 1 saturated heterocycles. The molecule has 3 aromatic rings. The van der Waals surface area contributed by atoms with Gasteiger partial charge in [-0.1, -0.05) is 66.7 Å². The summed E-state index contributed by atoms with van der Waals surface area (Å²) in [6, 6.07) is 27.3. The SMILES string of the molecule is c1ccc(C(OC2CCCCN2CCc2ccccn2)c2ccccc2)cc1. The van der Waals surface area contributed by atoms with Gasteiger partial charge in [-0.05, 0) is 42.5 Å². The van der Waals surface area contributed by atoms with Crippen LogP contribution in [-0.4, -0.2) is 29.2 Å². The molecule has 28 heavy (non-hydrogen) atoms. The highest BCUT2D eigenvalue weighted by Crippen LogP contribution is 2.31. The monoisotopic (exact) mass is 372 g/mol. The lowest BCUT2D eigenvalue weighted by Crippen LogP contribution is -2.43. The topological polar surface area (TPSA) is 25.4 Å². The highest BCUT2D eigenvalue weighted by molar-refractivity contribution is 5.30. The van der Waals surface area contributed by atoms with Gasteiger partial charge >= 0.3 is 0 Å². The van der Waals surface area contributed by atoms with Gasteiger partial charge in [0.2, 0.25) is 0 Å². The zero-order valence-corrected chi connectivity index (χ0v) is 16.3. The molecule has 1 aromatic heterocycles. The molecule has 0 bridgehead atoms. The highest BCUT2D eigenvalue weighted by Gasteiger charge is 2.27. The van der Waals surface area contributed by atoms with Crippen LogP contribution in [-0.2, 0) is 11.2 Å². The third-order valence-corrected chi connectivity index (χ3v) is 5.43. The molecule has 2 heterocycles. The second-order valence-electron chi connectivity index (χ2n) is 7.39. The first-order chi connectivity index (χ1) is 13.9. The first-order valence-electron chi connectivity index (χ1n) is 10.3. The lowest BCUT2D eigenvalue weighted by Gasteiger charge is -2.38. The van der Waals surface area contributed by atoms with E-state index < -0.39 is 0 Å². The van der Waals surface area contributed by atoms with Crippen molar-refractivity contribution < 1.29 is 4.74 Å². The van der Waals surface area contributed by atoms with E-state index in [1.54, 1.807) is 0 Å². The predicted molar refractivity (Wildman–Crippen MR) is 113 cm³/mol. The Bertz CT molecular complexity index is 783. The Morgan fingerprint density at radius 2 is 1.54 bits per heavy atom. The van der Waals surface area contributed by atoms with Gasteiger partial charge in [-0.3, -0.25) is 9.88 Å². The van der Waals surface area contributed by atoms with Crippen LogP contribution in [0.4, 0.5) is 0 Å². The number of piperidine rings is 1. The zero-order chi connectivity index (χ0) is 19.0. The Morgan fingerprint density at radius 1 is 0.857 bits per heavy atom. The Balaban J connectivity index is 1.50. The number of aromatic nitrogens is 1. The molecule has 0 amide bonds. The molecular formula is C25H28N2O. The summed E-state index contributed by atoms with van der Waals surface area (Å²) in [6.45, 7) is 2.08. The van der Waals surface area contributed by atoms with Gasteiger partial charge in [0.15, 0.2) is 0 Å². The molecule has 0 radical (unpaired) electrons. The molecule has 144 valence electrons. The molecule has 1 unspecified atom stereocenters. The van der Waals surface area contributed by atoms with Gasteiger partial charge in [0.1, 0.15) is 12.3 Å². The summed E-state index contributed by atoms with van der Waals surface area (Å²) in [5.74, 6) is 0. The van der Waals surface area contributed by atoms with Crippen molar-refractivity contribution in [3.8, 4) is 0 Å². The van der Waals surface area contributed by atoms with E-state index in [9.17, 15) is 0 Å². The quantitative estimate of drug-likeness (QED) is 0.567. The van der Waals surface area contributed by atoms with E-state index in [1.807, 2.05) is 12.3 Å². The fraction of sp³-hybridized carbons (Fsp3) is 0.320. The van der Waals surface area contributed by atoms with E-state index >= 15 is 0 Å². The first kappa shape index (κ1) is 18.9. The number of likely N-dealkylation sites (tertiary alicyclic amines) is 1. The molecule has 0 N–H and O–H groups in total. The van der Waals surface area contributed by atoms with Gasteiger partial charge in [-0.2, -0.15) is 0 Å². The van der Waals surface area contributed by atoms with Gasteiger partial charge < -0.3 is 4.74 Å². The van der Waals surface area contributed by atoms with E-state index in [-0.39, 0.29) is 12.3 Å². The standard InChI is InChI=1S/C25H28N2O/c1-3-11-21(12-4-1)25(22-13-5-2-6-14-22)28-24-16-8-10-19-27(24)20-17-23-15-7-9-18-26-23/h1-7,9,11-15,18,24-25H,8,10,16-17,19-20H2. The Hall–Kier alpha value is -2.49. The number of ether oxygens (including phenoxy) is 1. The number of pyridine rings is 1. The molecule has 0 aliphatic carbocycles. The minimum absolute atomic E-state index is 0.0390. The molecule has 0 spiro atoms. The molecule has 3 nitrogen and oxygen atoms in total. The van der Waals surface area contributed by atoms with Crippen LogP contribution in [0, 0.1) is 0 Å². The van der Waals surface area contributed by atoms with Crippen molar-refractivity contribution in [2.75, 3.05) is 13.1 Å². The Morgan fingerprint density at radius 3 is 2.18 bits per heavy atom.